The van der Waals surface area contributed by atoms with Gasteiger partial charge in [-0.3, -0.25) is 19.2 Å². The van der Waals surface area contributed by atoms with Crippen molar-refractivity contribution in [3.8, 4) is 68.2 Å². The third-order valence-corrected chi connectivity index (χ3v) is 33.8. The standard InChI is InChI=1S/C136H118Br2N2O8/c1-67(2)99-55-77(71(9)137)56-100(68(3)4)127(99)139-129(141)107-63-111(145-87-35-27-83(28-36-87)133(11,12)13)121-95-47-43-91-103-59-79-51-73-23-25-75-53-81-61-105-93-45-49-97-118-98(50-46-94(116(93)118)106(105)62-82(81)54-76(75)26-24-74(73)52-80(79)60-104(103)92-44-48-96(117(95)115(91)92)122-112(64-108(130(139)142)119(107)125(121)122)146-88-37-29-84(30-38-88)134(14,15)16)124-114(148-90-41-33-86(34-42-90)136(20,21)22)66-110-120-109(65-113(123(97)126(120)124)147-89-39-31-85(32-40-89)135(17,18)19)131(143)140(132(110)144)128-101(69(5)6)57-78(72(10)138)58-102(128)70(7)8/h23-72,115,117H,1-22H3. The van der Waals surface area contributed by atoms with Crippen LogP contribution in [-0.2, 0) is 21.7 Å². The molecule has 8 aliphatic rings. The van der Waals surface area contributed by atoms with Gasteiger partial charge in [0, 0.05) is 64.9 Å². The SMILES string of the molecule is CC(C)c1cc(C(C)Br)cc(C(C)C)c1N1C(=O)c2cc(Oc3ccc(C(C)(C)C)cc3)c3c4c(c(Oc5ccc(C(C)(C)C)cc5)cc(c24)C1=O)C1=CC=C2c4cc5cc6c(cc5cc4C4=CC=C3C1C42)C=Cc1cc2cc3c(cc2cc1C=C6)-c1ccc2c4c(Oc5ccc(C(C)(C)C)cc5)cc5c6c(cc(Oc7ccc(C(C)(C)C)cc7)c(c7ccc-3c1c72)c64)C(=O)N(c1c(C(C)C)cc(C(C)Br)cc1C(C)C)C5=O. The maximum Gasteiger partial charge on any atom is 0.266 e. The van der Waals surface area contributed by atoms with E-state index >= 15 is 19.2 Å². The van der Waals surface area contributed by atoms with Crippen molar-refractivity contribution in [2.24, 2.45) is 11.8 Å². The van der Waals surface area contributed by atoms with Crippen molar-refractivity contribution in [1.29, 1.82) is 0 Å². The van der Waals surface area contributed by atoms with Gasteiger partial charge in [-0.2, -0.15) is 0 Å². The van der Waals surface area contributed by atoms with Gasteiger partial charge in [-0.1, -0.05) is 316 Å². The fourth-order valence-corrected chi connectivity index (χ4v) is 25.4. The molecule has 2 heterocycles. The number of amides is 4. The second-order valence-corrected chi connectivity index (χ2v) is 50.4. The normalized spacial score (nSPS) is 16.3. The fraction of sp³-hybridized carbons (Fsp3) is 0.250. The maximum atomic E-state index is 16.5. The van der Waals surface area contributed by atoms with Gasteiger partial charge >= 0.3 is 0 Å². The van der Waals surface area contributed by atoms with E-state index in [9.17, 15) is 0 Å². The predicted molar refractivity (Wildman–Crippen MR) is 621 cm³/mol. The van der Waals surface area contributed by atoms with Gasteiger partial charge in [0.2, 0.25) is 0 Å². The van der Waals surface area contributed by atoms with E-state index in [2.05, 4.69) is 378 Å². The second kappa shape index (κ2) is 33.6. The molecule has 6 aliphatic carbocycles. The van der Waals surface area contributed by atoms with Gasteiger partial charge in [-0.15, -0.1) is 0 Å². The summed E-state index contributed by atoms with van der Waals surface area (Å²) in [5, 5.41) is 12.7. The van der Waals surface area contributed by atoms with E-state index in [0.29, 0.717) is 90.4 Å². The van der Waals surface area contributed by atoms with E-state index in [-0.39, 0.29) is 66.8 Å². The molecule has 17 aromatic carbocycles. The largest absolute Gasteiger partial charge is 0.457 e. The van der Waals surface area contributed by atoms with E-state index < -0.39 is 23.6 Å². The molecule has 2 aliphatic heterocycles. The van der Waals surface area contributed by atoms with Crippen LogP contribution in [0.2, 0.25) is 0 Å². The van der Waals surface area contributed by atoms with Crippen LogP contribution in [-0.4, -0.2) is 23.6 Å². The zero-order valence-electron chi connectivity index (χ0n) is 87.9. The number of benzene rings is 17. The minimum atomic E-state index is -0.410. The van der Waals surface area contributed by atoms with Gasteiger partial charge < -0.3 is 18.9 Å². The van der Waals surface area contributed by atoms with Crippen LogP contribution in [0, 0.1) is 11.8 Å². The molecule has 2 atom stereocenters. The second-order valence-electron chi connectivity index (χ2n) is 47.7. The topological polar surface area (TPSA) is 112 Å². The summed E-state index contributed by atoms with van der Waals surface area (Å²) in [6.07, 6.45) is 18.4. The van der Waals surface area contributed by atoms with Crippen molar-refractivity contribution < 1.29 is 38.1 Å². The third kappa shape index (κ3) is 14.7. The van der Waals surface area contributed by atoms with Gasteiger partial charge in [-0.05, 0) is 357 Å². The number of anilines is 2. The number of carbonyl (C=O) groups is 4. The number of ether oxygens (including phenoxy) is 4. The molecule has 0 N–H and O–H groups in total. The Balaban J connectivity index is 0.618. The summed E-state index contributed by atoms with van der Waals surface area (Å²) < 4.78 is 29.7. The molecule has 0 saturated heterocycles. The molecule has 17 aromatic rings. The lowest BCUT2D eigenvalue weighted by molar-refractivity contribution is 0.0877. The highest BCUT2D eigenvalue weighted by Crippen LogP contribution is 2.68. The highest BCUT2D eigenvalue weighted by Gasteiger charge is 2.52. The number of hydrogen-bond donors (Lipinski definition) is 0. The number of nitrogens with zero attached hydrogens (tertiary/aromatic N) is 2. The third-order valence-electron chi connectivity index (χ3n) is 32.7. The Morgan fingerprint density at radius 3 is 0.811 bits per heavy atom. The smallest absolute Gasteiger partial charge is 0.266 e. The molecule has 734 valence electrons. The lowest BCUT2D eigenvalue weighted by Crippen LogP contribution is -2.42. The molecule has 0 fully saturated rings. The van der Waals surface area contributed by atoms with Gasteiger partial charge in [0.05, 0.1) is 33.6 Å². The first kappa shape index (κ1) is 94.7. The minimum Gasteiger partial charge on any atom is -0.457 e. The maximum absolute atomic E-state index is 16.5. The lowest BCUT2D eigenvalue weighted by atomic mass is 9.62. The van der Waals surface area contributed by atoms with Gasteiger partial charge in [0.1, 0.15) is 46.0 Å². The number of hydrogen-bond acceptors (Lipinski definition) is 8. The summed E-state index contributed by atoms with van der Waals surface area (Å²) in [6, 6.07) is 77.8. The lowest BCUT2D eigenvalue weighted by Gasteiger charge is -2.42. The Morgan fingerprint density at radius 1 is 0.257 bits per heavy atom. The Bertz CT molecular complexity index is 8560. The fourth-order valence-electron chi connectivity index (χ4n) is 24.9. The summed E-state index contributed by atoms with van der Waals surface area (Å²) in [5.74, 6) is 2.40. The van der Waals surface area contributed by atoms with Crippen molar-refractivity contribution in [3.05, 3.63) is 365 Å². The Hall–Kier alpha value is -14.3. The van der Waals surface area contributed by atoms with Crippen LogP contribution in [0.3, 0.4) is 0 Å². The van der Waals surface area contributed by atoms with Crippen molar-refractivity contribution in [2.45, 2.75) is 207 Å². The summed E-state index contributed by atoms with van der Waals surface area (Å²) in [5.41, 5.74) is 30.3. The Kier molecular flexibility index (Phi) is 21.5. The predicted octanol–water partition coefficient (Wildman–Crippen LogP) is 38.4. The van der Waals surface area contributed by atoms with Crippen molar-refractivity contribution >= 4 is 189 Å². The zero-order valence-corrected chi connectivity index (χ0v) is 91.1. The van der Waals surface area contributed by atoms with Crippen LogP contribution in [0.15, 0.2) is 243 Å². The number of rotatable bonds is 16. The minimum absolute atomic E-state index is 0.0233. The number of alkyl halides is 2. The molecule has 10 nitrogen and oxygen atoms in total. The number of halogens is 2. The average molecular weight is 2070 g/mol. The summed E-state index contributed by atoms with van der Waals surface area (Å²) in [7, 11) is 0. The van der Waals surface area contributed by atoms with Crippen LogP contribution in [0.5, 0.6) is 46.0 Å². The van der Waals surface area contributed by atoms with E-state index in [1.165, 1.54) is 43.2 Å². The van der Waals surface area contributed by atoms with Crippen LogP contribution in [0.4, 0.5) is 11.4 Å². The first-order valence-electron chi connectivity index (χ1n) is 52.5. The summed E-state index contributed by atoms with van der Waals surface area (Å²) in [6.45, 7) is 47.9. The zero-order chi connectivity index (χ0) is 103. The molecule has 0 aromatic heterocycles. The monoisotopic (exact) mass is 2060 g/mol. The molecule has 0 spiro atoms. The van der Waals surface area contributed by atoms with Gasteiger partial charge in [-0.25, -0.2) is 9.80 Å². The number of fused-ring (bicyclic) bond motifs is 14. The molecule has 0 saturated carbocycles. The average Bonchev–Trinajstić information content (AvgIpc) is 1.23. The van der Waals surface area contributed by atoms with Crippen LogP contribution in [0.1, 0.15) is 327 Å². The molecular weight excluding hydrogens is 1950 g/mol. The molecule has 0 bridgehead atoms. The van der Waals surface area contributed by atoms with Crippen molar-refractivity contribution in [2.75, 3.05) is 9.80 Å². The number of imide groups is 2. The van der Waals surface area contributed by atoms with Gasteiger partial charge in [0.25, 0.3) is 23.6 Å². The molecule has 0 radical (unpaired) electrons. The Labute approximate surface area is 882 Å². The van der Waals surface area contributed by atoms with Gasteiger partial charge in [0.15, 0.2) is 0 Å². The highest BCUT2D eigenvalue weighted by atomic mass is 79.9. The van der Waals surface area contributed by atoms with E-state index in [1.807, 2.05) is 72.8 Å². The van der Waals surface area contributed by atoms with E-state index in [4.69, 9.17) is 18.9 Å². The molecule has 12 heteroatoms. The molecule has 148 heavy (non-hydrogen) atoms. The summed E-state index contributed by atoms with van der Waals surface area (Å²) >= 11 is 7.78. The van der Waals surface area contributed by atoms with Crippen molar-refractivity contribution in [3.63, 3.8) is 0 Å². The first-order chi connectivity index (χ1) is 70.5. The summed E-state index contributed by atoms with van der Waals surface area (Å²) in [4.78, 5) is 68.9. The first-order valence-corrected chi connectivity index (χ1v) is 54.3. The van der Waals surface area contributed by atoms with Crippen LogP contribution >= 0.6 is 31.9 Å². The Morgan fingerprint density at radius 2 is 0.520 bits per heavy atom. The van der Waals surface area contributed by atoms with E-state index in [1.54, 1.807) is 0 Å². The number of allylic oxidation sites excluding steroid dienone is 8. The van der Waals surface area contributed by atoms with E-state index in [0.717, 1.165) is 176 Å². The number of carbonyl (C=O) groups excluding carboxylic acids is 4. The molecule has 4 amide bonds. The van der Waals surface area contributed by atoms with Crippen LogP contribution in [0.25, 0.3) is 144 Å². The highest BCUT2D eigenvalue weighted by molar-refractivity contribution is 9.09. The van der Waals surface area contributed by atoms with Crippen molar-refractivity contribution in [1.82, 2.24) is 0 Å². The molecular formula is C136H118Br2N2O8. The molecule has 2 unspecified atom stereocenters. The molecule has 25 rings (SSSR count). The quantitative estimate of drug-likeness (QED) is 0.0407. The van der Waals surface area contributed by atoms with Crippen LogP contribution < -0.4 is 28.7 Å².